The Kier molecular flexibility index (Phi) is 4.98. The first-order valence-corrected chi connectivity index (χ1v) is 7.21. The number of benzene rings is 1. The van der Waals surface area contributed by atoms with Crippen molar-refractivity contribution in [3.63, 3.8) is 0 Å². The van der Waals surface area contributed by atoms with Gasteiger partial charge in [-0.25, -0.2) is 0 Å². The van der Waals surface area contributed by atoms with E-state index >= 15 is 0 Å². The van der Waals surface area contributed by atoms with Gasteiger partial charge in [-0.1, -0.05) is 35.3 Å². The molecule has 0 bridgehead atoms. The topological polar surface area (TPSA) is 3.24 Å². The van der Waals surface area contributed by atoms with Gasteiger partial charge in [-0.3, -0.25) is 4.90 Å². The van der Waals surface area contributed by atoms with Crippen LogP contribution in [0.1, 0.15) is 18.4 Å². The van der Waals surface area contributed by atoms with Crippen LogP contribution in [0.15, 0.2) is 18.2 Å². The monoisotopic (exact) mass is 291 g/mol. The van der Waals surface area contributed by atoms with Crippen LogP contribution in [-0.2, 0) is 6.54 Å². The number of alkyl halides is 1. The minimum atomic E-state index is 0.614. The van der Waals surface area contributed by atoms with E-state index < -0.39 is 0 Å². The van der Waals surface area contributed by atoms with Crippen LogP contribution in [0.2, 0.25) is 10.0 Å². The second-order valence-corrected chi connectivity index (χ2v) is 5.70. The molecule has 1 aromatic carbocycles. The van der Waals surface area contributed by atoms with Crippen LogP contribution < -0.4 is 0 Å². The fraction of sp³-hybridized carbons (Fsp3) is 0.538. The van der Waals surface area contributed by atoms with Crippen molar-refractivity contribution in [1.29, 1.82) is 0 Å². The third-order valence-corrected chi connectivity index (χ3v) is 4.54. The smallest absolute Gasteiger partial charge is 0.0637 e. The van der Waals surface area contributed by atoms with Crippen molar-refractivity contribution >= 4 is 34.8 Å². The Morgan fingerprint density at radius 3 is 2.88 bits per heavy atom. The predicted molar refractivity (Wildman–Crippen MR) is 75.2 cm³/mol. The lowest BCUT2D eigenvalue weighted by molar-refractivity contribution is 0.178. The molecule has 0 radical (unpaired) electrons. The Balaban J connectivity index is 2.02. The molecule has 0 aliphatic carbocycles. The zero-order valence-corrected chi connectivity index (χ0v) is 11.9. The van der Waals surface area contributed by atoms with Crippen molar-refractivity contribution in [2.45, 2.75) is 19.4 Å². The third kappa shape index (κ3) is 3.51. The van der Waals surface area contributed by atoms with Crippen LogP contribution in [-0.4, -0.2) is 23.9 Å². The lowest BCUT2D eigenvalue weighted by Crippen LogP contribution is -2.35. The molecule has 1 atom stereocenters. The lowest BCUT2D eigenvalue weighted by atomic mass is 9.99. The highest BCUT2D eigenvalue weighted by Gasteiger charge is 2.19. The van der Waals surface area contributed by atoms with Gasteiger partial charge >= 0.3 is 0 Å². The fourth-order valence-electron chi connectivity index (χ4n) is 2.33. The van der Waals surface area contributed by atoms with Gasteiger partial charge in [-0.05, 0) is 36.9 Å². The summed E-state index contributed by atoms with van der Waals surface area (Å²) in [5.74, 6) is 1.36. The quantitative estimate of drug-likeness (QED) is 0.744. The lowest BCUT2D eigenvalue weighted by Gasteiger charge is -2.32. The van der Waals surface area contributed by atoms with E-state index in [0.29, 0.717) is 16.0 Å². The van der Waals surface area contributed by atoms with Crippen LogP contribution in [0.25, 0.3) is 0 Å². The summed E-state index contributed by atoms with van der Waals surface area (Å²) in [4.78, 5) is 2.41. The molecular weight excluding hydrogens is 277 g/mol. The standard InChI is InChI=1S/C13H16Cl3N/c14-7-10-3-2-6-17(8-10)9-11-4-1-5-12(15)13(11)16/h1,4-5,10H,2-3,6-9H2. The summed E-state index contributed by atoms with van der Waals surface area (Å²) in [5.41, 5.74) is 1.11. The first kappa shape index (κ1) is 13.5. The summed E-state index contributed by atoms with van der Waals surface area (Å²) in [6.07, 6.45) is 2.46. The van der Waals surface area contributed by atoms with Crippen molar-refractivity contribution in [3.05, 3.63) is 33.8 Å². The Morgan fingerprint density at radius 1 is 1.29 bits per heavy atom. The van der Waals surface area contributed by atoms with Gasteiger partial charge in [0.1, 0.15) is 0 Å². The molecular formula is C13H16Cl3N. The highest BCUT2D eigenvalue weighted by atomic mass is 35.5. The zero-order valence-electron chi connectivity index (χ0n) is 9.63. The Labute approximate surface area is 118 Å². The molecule has 0 aromatic heterocycles. The minimum Gasteiger partial charge on any atom is -0.299 e. The third-order valence-electron chi connectivity index (χ3n) is 3.25. The minimum absolute atomic E-state index is 0.614. The first-order valence-electron chi connectivity index (χ1n) is 5.92. The molecule has 2 rings (SSSR count). The SMILES string of the molecule is ClCC1CCCN(Cc2cccc(Cl)c2Cl)C1. The molecule has 0 saturated carbocycles. The largest absolute Gasteiger partial charge is 0.299 e. The summed E-state index contributed by atoms with van der Waals surface area (Å²) in [7, 11) is 0. The van der Waals surface area contributed by atoms with Gasteiger partial charge < -0.3 is 0 Å². The van der Waals surface area contributed by atoms with Crippen LogP contribution in [0.3, 0.4) is 0 Å². The number of hydrogen-bond donors (Lipinski definition) is 0. The number of hydrogen-bond acceptors (Lipinski definition) is 1. The van der Waals surface area contributed by atoms with Crippen molar-refractivity contribution in [2.24, 2.45) is 5.92 Å². The molecule has 4 heteroatoms. The average Bonchev–Trinajstić information content (AvgIpc) is 2.35. The summed E-state index contributed by atoms with van der Waals surface area (Å²) < 4.78 is 0. The maximum Gasteiger partial charge on any atom is 0.0637 e. The van der Waals surface area contributed by atoms with E-state index in [1.807, 2.05) is 18.2 Å². The number of halogens is 3. The molecule has 1 heterocycles. The summed E-state index contributed by atoms with van der Waals surface area (Å²) in [6, 6.07) is 5.82. The van der Waals surface area contributed by atoms with Crippen molar-refractivity contribution in [1.82, 2.24) is 4.90 Å². The Bertz CT molecular complexity index is 381. The van der Waals surface area contributed by atoms with E-state index in [9.17, 15) is 0 Å². The molecule has 0 spiro atoms. The number of likely N-dealkylation sites (tertiary alicyclic amines) is 1. The maximum absolute atomic E-state index is 6.20. The van der Waals surface area contributed by atoms with Crippen LogP contribution >= 0.6 is 34.8 Å². The van der Waals surface area contributed by atoms with Gasteiger partial charge in [0.25, 0.3) is 0 Å². The average molecular weight is 293 g/mol. The van der Waals surface area contributed by atoms with Crippen LogP contribution in [0, 0.1) is 5.92 Å². The van der Waals surface area contributed by atoms with E-state index in [1.54, 1.807) is 0 Å². The predicted octanol–water partition coefficient (Wildman–Crippen LogP) is 4.44. The van der Waals surface area contributed by atoms with E-state index in [0.717, 1.165) is 31.1 Å². The number of piperidine rings is 1. The Hall–Kier alpha value is 0.0500. The molecule has 94 valence electrons. The molecule has 17 heavy (non-hydrogen) atoms. The number of nitrogens with zero attached hydrogens (tertiary/aromatic N) is 1. The van der Waals surface area contributed by atoms with E-state index in [2.05, 4.69) is 4.90 Å². The Morgan fingerprint density at radius 2 is 2.12 bits per heavy atom. The van der Waals surface area contributed by atoms with Crippen molar-refractivity contribution in [2.75, 3.05) is 19.0 Å². The fourth-order valence-corrected chi connectivity index (χ4v) is 2.96. The maximum atomic E-state index is 6.20. The number of rotatable bonds is 3. The summed E-state index contributed by atoms with van der Waals surface area (Å²) >= 11 is 18.1. The molecule has 1 fully saturated rings. The molecule has 1 aliphatic heterocycles. The van der Waals surface area contributed by atoms with Crippen molar-refractivity contribution in [3.8, 4) is 0 Å². The molecule has 1 aromatic rings. The summed E-state index contributed by atoms with van der Waals surface area (Å²) in [5, 5.41) is 1.32. The normalized spacial score (nSPS) is 21.7. The van der Waals surface area contributed by atoms with E-state index in [-0.39, 0.29) is 0 Å². The highest BCUT2D eigenvalue weighted by Crippen LogP contribution is 2.28. The van der Waals surface area contributed by atoms with Crippen LogP contribution in [0.4, 0.5) is 0 Å². The highest BCUT2D eigenvalue weighted by molar-refractivity contribution is 6.42. The zero-order chi connectivity index (χ0) is 12.3. The molecule has 0 amide bonds. The van der Waals surface area contributed by atoms with Gasteiger partial charge in [0.05, 0.1) is 10.0 Å². The van der Waals surface area contributed by atoms with Crippen LogP contribution in [0.5, 0.6) is 0 Å². The van der Waals surface area contributed by atoms with Gasteiger partial charge in [-0.15, -0.1) is 11.6 Å². The van der Waals surface area contributed by atoms with Gasteiger partial charge in [0.2, 0.25) is 0 Å². The molecule has 1 unspecified atom stereocenters. The van der Waals surface area contributed by atoms with E-state index in [1.165, 1.54) is 12.8 Å². The molecule has 0 N–H and O–H groups in total. The second kappa shape index (κ2) is 6.29. The van der Waals surface area contributed by atoms with Gasteiger partial charge in [0.15, 0.2) is 0 Å². The molecule has 1 saturated heterocycles. The first-order chi connectivity index (χ1) is 8.20. The van der Waals surface area contributed by atoms with E-state index in [4.69, 9.17) is 34.8 Å². The van der Waals surface area contributed by atoms with Crippen molar-refractivity contribution < 1.29 is 0 Å². The van der Waals surface area contributed by atoms with Gasteiger partial charge in [-0.2, -0.15) is 0 Å². The molecule has 1 aliphatic rings. The second-order valence-electron chi connectivity index (χ2n) is 4.61. The van der Waals surface area contributed by atoms with Gasteiger partial charge in [0, 0.05) is 19.0 Å². The molecule has 1 nitrogen and oxygen atoms in total. The summed E-state index contributed by atoms with van der Waals surface area (Å²) in [6.45, 7) is 3.05.